The van der Waals surface area contributed by atoms with Crippen molar-refractivity contribution in [2.24, 2.45) is 0 Å². The summed E-state index contributed by atoms with van der Waals surface area (Å²) in [5, 5.41) is 0. The minimum atomic E-state index is -4.68. The number of ether oxygens (including phenoxy) is 1. The normalized spacial score (nSPS) is 12.7. The lowest BCUT2D eigenvalue weighted by Crippen LogP contribution is -2.33. The molecule has 0 aliphatic rings. The van der Waals surface area contributed by atoms with Crippen molar-refractivity contribution in [1.82, 2.24) is 4.90 Å². The number of alkyl halides is 2. The number of rotatable bonds is 7. The van der Waals surface area contributed by atoms with E-state index >= 15 is 0 Å². The van der Waals surface area contributed by atoms with Gasteiger partial charge in [0.1, 0.15) is 5.75 Å². The van der Waals surface area contributed by atoms with Crippen molar-refractivity contribution in [2.45, 2.75) is 30.5 Å². The van der Waals surface area contributed by atoms with Gasteiger partial charge >= 0.3 is 5.76 Å². The zero-order valence-corrected chi connectivity index (χ0v) is 16.0. The van der Waals surface area contributed by atoms with Crippen LogP contribution in [0.5, 0.6) is 5.75 Å². The molecule has 0 aliphatic heterocycles. The zero-order valence-electron chi connectivity index (χ0n) is 15.2. The highest BCUT2D eigenvalue weighted by atomic mass is 32.2. The third kappa shape index (κ3) is 4.44. The van der Waals surface area contributed by atoms with E-state index in [0.29, 0.717) is 12.3 Å². The van der Waals surface area contributed by atoms with Crippen LogP contribution in [0.2, 0.25) is 0 Å². The van der Waals surface area contributed by atoms with Gasteiger partial charge in [-0.1, -0.05) is 12.1 Å². The summed E-state index contributed by atoms with van der Waals surface area (Å²) in [5.41, 5.74) is 1.10. The third-order valence-corrected chi connectivity index (χ3v) is 5.71. The molecule has 27 heavy (non-hydrogen) atoms. The Morgan fingerprint density at radius 3 is 2.30 bits per heavy atom. The van der Waals surface area contributed by atoms with Gasteiger partial charge in [0.15, 0.2) is 0 Å². The summed E-state index contributed by atoms with van der Waals surface area (Å²) in [6, 6.07) is 11.6. The Morgan fingerprint density at radius 2 is 1.78 bits per heavy atom. The first-order valence-electron chi connectivity index (χ1n) is 8.29. The molecule has 8 heteroatoms. The molecule has 0 fully saturated rings. The average molecular weight is 397 g/mol. The molecule has 146 valence electrons. The molecule has 1 unspecified atom stereocenters. The topological polar surface area (TPSA) is 63.7 Å². The standard InChI is InChI=1S/C19H21F2NO4S/c1-4-22(13(2)15-6-5-7-16(12-15)26-3)18(23)14-8-10-17(11-9-14)27(24,25)19(20)21/h5-13,19H,4H2,1-3H3. The molecule has 0 N–H and O–H groups in total. The first kappa shape index (κ1) is 20.8. The fraction of sp³-hybridized carbons (Fsp3) is 0.316. The number of nitrogens with zero attached hydrogens (tertiary/aromatic N) is 1. The van der Waals surface area contributed by atoms with Crippen LogP contribution < -0.4 is 4.74 Å². The number of carbonyl (C=O) groups excluding carboxylic acids is 1. The number of methoxy groups -OCH3 is 1. The predicted molar refractivity (Wildman–Crippen MR) is 97.8 cm³/mol. The summed E-state index contributed by atoms with van der Waals surface area (Å²) in [6.45, 7) is 4.10. The molecule has 0 aromatic heterocycles. The Bertz CT molecular complexity index is 898. The van der Waals surface area contributed by atoms with E-state index in [4.69, 9.17) is 4.74 Å². The van der Waals surface area contributed by atoms with Gasteiger partial charge in [-0.2, -0.15) is 8.78 Å². The highest BCUT2D eigenvalue weighted by molar-refractivity contribution is 7.91. The van der Waals surface area contributed by atoms with E-state index in [1.54, 1.807) is 18.1 Å². The molecule has 0 heterocycles. The second kappa shape index (κ2) is 8.47. The molecule has 0 saturated heterocycles. The summed E-state index contributed by atoms with van der Waals surface area (Å²) in [7, 11) is -3.13. The Morgan fingerprint density at radius 1 is 1.15 bits per heavy atom. The van der Waals surface area contributed by atoms with Crippen molar-refractivity contribution >= 4 is 15.7 Å². The second-order valence-corrected chi connectivity index (χ2v) is 7.79. The lowest BCUT2D eigenvalue weighted by Gasteiger charge is -2.29. The number of hydrogen-bond donors (Lipinski definition) is 0. The van der Waals surface area contributed by atoms with Crippen LogP contribution >= 0.6 is 0 Å². The van der Waals surface area contributed by atoms with E-state index in [9.17, 15) is 22.0 Å². The van der Waals surface area contributed by atoms with Gasteiger partial charge in [0.05, 0.1) is 18.0 Å². The molecule has 0 aliphatic carbocycles. The lowest BCUT2D eigenvalue weighted by molar-refractivity contribution is 0.0702. The molecular formula is C19H21F2NO4S. The maximum absolute atomic E-state index is 12.8. The molecule has 2 aromatic rings. The highest BCUT2D eigenvalue weighted by Gasteiger charge is 2.27. The molecule has 2 aromatic carbocycles. The van der Waals surface area contributed by atoms with Crippen molar-refractivity contribution in [3.05, 3.63) is 59.7 Å². The fourth-order valence-electron chi connectivity index (χ4n) is 2.73. The van der Waals surface area contributed by atoms with Crippen molar-refractivity contribution in [2.75, 3.05) is 13.7 Å². The quantitative estimate of drug-likeness (QED) is 0.711. The van der Waals surface area contributed by atoms with Gasteiger partial charge in [-0.05, 0) is 55.8 Å². The van der Waals surface area contributed by atoms with Gasteiger partial charge in [0, 0.05) is 12.1 Å². The lowest BCUT2D eigenvalue weighted by atomic mass is 10.1. The first-order chi connectivity index (χ1) is 12.7. The van der Waals surface area contributed by atoms with Crippen LogP contribution in [0.1, 0.15) is 35.8 Å². The zero-order chi connectivity index (χ0) is 20.2. The Balaban J connectivity index is 2.28. The van der Waals surface area contributed by atoms with Crippen molar-refractivity contribution < 1.29 is 26.7 Å². The summed E-state index contributed by atoms with van der Waals surface area (Å²) in [6.07, 6.45) is 0. The smallest absolute Gasteiger partial charge is 0.341 e. The predicted octanol–water partition coefficient (Wildman–Crippen LogP) is 3.91. The number of sulfone groups is 1. The van der Waals surface area contributed by atoms with Crippen LogP contribution in [0, 0.1) is 0 Å². The van der Waals surface area contributed by atoms with Crippen molar-refractivity contribution in [1.29, 1.82) is 0 Å². The summed E-state index contributed by atoms with van der Waals surface area (Å²) in [4.78, 5) is 13.9. The highest BCUT2D eigenvalue weighted by Crippen LogP contribution is 2.26. The first-order valence-corrected chi connectivity index (χ1v) is 9.84. The van der Waals surface area contributed by atoms with Crippen LogP contribution in [-0.2, 0) is 9.84 Å². The maximum atomic E-state index is 12.8. The molecule has 1 amide bonds. The number of hydrogen-bond acceptors (Lipinski definition) is 4. The van der Waals surface area contributed by atoms with E-state index in [1.165, 1.54) is 12.1 Å². The molecule has 0 radical (unpaired) electrons. The minimum absolute atomic E-state index is 0.222. The van der Waals surface area contributed by atoms with Gasteiger partial charge in [0.2, 0.25) is 9.84 Å². The molecule has 0 spiro atoms. The summed E-state index contributed by atoms with van der Waals surface area (Å²) < 4.78 is 53.4. The molecule has 5 nitrogen and oxygen atoms in total. The summed E-state index contributed by atoms with van der Waals surface area (Å²) in [5.74, 6) is -3.16. The largest absolute Gasteiger partial charge is 0.497 e. The third-order valence-electron chi connectivity index (χ3n) is 4.31. The summed E-state index contributed by atoms with van der Waals surface area (Å²) >= 11 is 0. The van der Waals surface area contributed by atoms with Crippen LogP contribution in [0.15, 0.2) is 53.4 Å². The minimum Gasteiger partial charge on any atom is -0.497 e. The number of carbonyl (C=O) groups is 1. The van der Waals surface area contributed by atoms with E-state index in [1.807, 2.05) is 32.0 Å². The Labute approximate surface area is 157 Å². The van der Waals surface area contributed by atoms with E-state index < -0.39 is 20.5 Å². The van der Waals surface area contributed by atoms with Gasteiger partial charge in [-0.3, -0.25) is 4.79 Å². The number of benzene rings is 2. The fourth-order valence-corrected chi connectivity index (χ4v) is 3.45. The van der Waals surface area contributed by atoms with Gasteiger partial charge in [-0.15, -0.1) is 0 Å². The SMILES string of the molecule is CCN(C(=O)c1ccc(S(=O)(=O)C(F)F)cc1)C(C)c1cccc(OC)c1. The van der Waals surface area contributed by atoms with Crippen molar-refractivity contribution in [3.8, 4) is 5.75 Å². The molecule has 0 saturated carbocycles. The average Bonchev–Trinajstić information content (AvgIpc) is 2.68. The molecule has 1 atom stereocenters. The van der Waals surface area contributed by atoms with Crippen LogP contribution in [0.25, 0.3) is 0 Å². The number of halogens is 2. The van der Waals surface area contributed by atoms with Gasteiger partial charge in [-0.25, -0.2) is 8.42 Å². The van der Waals surface area contributed by atoms with E-state index in [2.05, 4.69) is 0 Å². The van der Waals surface area contributed by atoms with E-state index in [0.717, 1.165) is 17.7 Å². The maximum Gasteiger partial charge on any atom is 0.341 e. The van der Waals surface area contributed by atoms with Crippen LogP contribution in [0.4, 0.5) is 8.78 Å². The Kier molecular flexibility index (Phi) is 6.54. The molecule has 0 bridgehead atoms. The molecular weight excluding hydrogens is 376 g/mol. The van der Waals surface area contributed by atoms with Gasteiger partial charge in [0.25, 0.3) is 5.91 Å². The Hall–Kier alpha value is -2.48. The molecule has 2 rings (SSSR count). The second-order valence-electron chi connectivity index (χ2n) is 5.87. The van der Waals surface area contributed by atoms with Crippen LogP contribution in [0.3, 0.4) is 0 Å². The van der Waals surface area contributed by atoms with E-state index in [-0.39, 0.29) is 17.5 Å². The number of amides is 1. The van der Waals surface area contributed by atoms with Crippen molar-refractivity contribution in [3.63, 3.8) is 0 Å². The monoisotopic (exact) mass is 397 g/mol. The van der Waals surface area contributed by atoms with Gasteiger partial charge < -0.3 is 9.64 Å². The van der Waals surface area contributed by atoms with Crippen LogP contribution in [-0.4, -0.2) is 38.6 Å².